The van der Waals surface area contributed by atoms with Crippen LogP contribution >= 0.6 is 23.1 Å². The number of nitrogens with zero attached hydrogens (tertiary/aromatic N) is 3. The van der Waals surface area contributed by atoms with Crippen LogP contribution in [0.15, 0.2) is 21.8 Å². The van der Waals surface area contributed by atoms with Crippen LogP contribution in [0.2, 0.25) is 0 Å². The quantitative estimate of drug-likeness (QED) is 0.230. The average molecular weight is 484 g/mol. The lowest BCUT2D eigenvalue weighted by Gasteiger charge is -2.49. The van der Waals surface area contributed by atoms with Crippen LogP contribution in [0, 0.1) is 0 Å². The molecule has 12 nitrogen and oxygen atoms in total. The van der Waals surface area contributed by atoms with Gasteiger partial charge in [0.25, 0.3) is 11.8 Å². The highest BCUT2D eigenvalue weighted by Gasteiger charge is 2.54. The zero-order valence-corrected chi connectivity index (χ0v) is 19.0. The molecule has 3 rings (SSSR count). The van der Waals surface area contributed by atoms with Crippen LogP contribution in [-0.2, 0) is 24.0 Å². The van der Waals surface area contributed by atoms with Gasteiger partial charge in [-0.1, -0.05) is 12.1 Å². The predicted octanol–water partition coefficient (Wildman–Crippen LogP) is 0.458. The number of rotatable bonds is 8. The van der Waals surface area contributed by atoms with E-state index in [1.807, 2.05) is 6.92 Å². The van der Waals surface area contributed by atoms with Crippen molar-refractivity contribution in [2.75, 3.05) is 11.5 Å². The van der Waals surface area contributed by atoms with Crippen molar-refractivity contribution in [2.45, 2.75) is 44.2 Å². The number of carbonyl (C=O) groups excluding carboxylic acids is 2. The molecule has 1 saturated heterocycles. The number of fused-ring (bicyclic) bond motifs is 1. The molecule has 0 spiro atoms. The van der Waals surface area contributed by atoms with Gasteiger partial charge >= 0.3 is 11.9 Å². The van der Waals surface area contributed by atoms with E-state index in [0.717, 1.165) is 11.3 Å². The van der Waals surface area contributed by atoms with Gasteiger partial charge in [-0.25, -0.2) is 14.6 Å². The normalized spacial score (nSPS) is 21.0. The van der Waals surface area contributed by atoms with Crippen molar-refractivity contribution in [2.24, 2.45) is 5.16 Å². The number of carbonyl (C=O) groups is 4. The molecular weight excluding hydrogens is 462 g/mol. The standard InChI is InChI=1S/C18H21N5O7S2/c1-4-7-5-31-14-10(13(25)23(14)11(7)15(26)27)21-12(24)9(8-6-32-17(19)20-8)22-30-18(2,3)16(28)29/h6,10,14H,4-5H2,1-3H3,(H2,19,20)(H,21,24)(H,26,27)(H,28,29)/b22-9-. The summed E-state index contributed by atoms with van der Waals surface area (Å²) in [6, 6.07) is -0.992. The maximum absolute atomic E-state index is 12.9. The van der Waals surface area contributed by atoms with Gasteiger partial charge < -0.3 is 26.1 Å². The van der Waals surface area contributed by atoms with Crippen molar-refractivity contribution < 1.29 is 34.2 Å². The lowest BCUT2D eigenvalue weighted by atomic mass is 10.0. The predicted molar refractivity (Wildman–Crippen MR) is 116 cm³/mol. The second-order valence-electron chi connectivity index (χ2n) is 7.39. The Morgan fingerprint density at radius 2 is 2.09 bits per heavy atom. The summed E-state index contributed by atoms with van der Waals surface area (Å²) in [5.41, 5.74) is 4.17. The summed E-state index contributed by atoms with van der Waals surface area (Å²) in [6.45, 7) is 4.31. The number of carboxylic acid groups (broad SMARTS) is 2. The van der Waals surface area contributed by atoms with Crippen LogP contribution in [0.25, 0.3) is 0 Å². The van der Waals surface area contributed by atoms with Crippen LogP contribution in [0.5, 0.6) is 0 Å². The number of nitrogens with one attached hydrogen (secondary N) is 1. The van der Waals surface area contributed by atoms with E-state index in [0.29, 0.717) is 17.7 Å². The van der Waals surface area contributed by atoms with E-state index < -0.39 is 40.8 Å². The summed E-state index contributed by atoms with van der Waals surface area (Å²) in [6.07, 6.45) is 0.487. The van der Waals surface area contributed by atoms with Gasteiger partial charge in [0.15, 0.2) is 10.8 Å². The number of hydrogen-bond acceptors (Lipinski definition) is 10. The van der Waals surface area contributed by atoms with E-state index in [9.17, 15) is 29.4 Å². The second kappa shape index (κ2) is 8.78. The molecule has 0 saturated carbocycles. The topological polar surface area (TPSA) is 185 Å². The molecule has 2 amide bonds. The highest BCUT2D eigenvalue weighted by Crippen LogP contribution is 2.41. The maximum Gasteiger partial charge on any atom is 0.352 e. The first-order chi connectivity index (χ1) is 15.0. The first kappa shape index (κ1) is 23.5. The van der Waals surface area contributed by atoms with Crippen LogP contribution < -0.4 is 11.1 Å². The number of nitrogens with two attached hydrogens (primary N) is 1. The van der Waals surface area contributed by atoms with Crippen molar-refractivity contribution in [1.82, 2.24) is 15.2 Å². The number of carboxylic acids is 2. The fourth-order valence-electron chi connectivity index (χ4n) is 2.96. The van der Waals surface area contributed by atoms with Crippen molar-refractivity contribution in [3.05, 3.63) is 22.3 Å². The lowest BCUT2D eigenvalue weighted by molar-refractivity contribution is -0.161. The number of thiazole rings is 1. The molecular formula is C18H21N5O7S2. The third kappa shape index (κ3) is 4.27. The monoisotopic (exact) mass is 483 g/mol. The zero-order chi connectivity index (χ0) is 23.8. The van der Waals surface area contributed by atoms with Crippen LogP contribution in [0.3, 0.4) is 0 Å². The van der Waals surface area contributed by atoms with Gasteiger partial charge in [-0.15, -0.1) is 23.1 Å². The molecule has 32 heavy (non-hydrogen) atoms. The van der Waals surface area contributed by atoms with E-state index >= 15 is 0 Å². The number of nitrogen functional groups attached to an aromatic ring is 1. The average Bonchev–Trinajstić information content (AvgIpc) is 3.16. The Kier molecular flexibility index (Phi) is 6.46. The summed E-state index contributed by atoms with van der Waals surface area (Å²) < 4.78 is 0. The fourth-order valence-corrected chi connectivity index (χ4v) is 4.96. The minimum absolute atomic E-state index is 0.0468. The molecule has 0 radical (unpaired) electrons. The summed E-state index contributed by atoms with van der Waals surface area (Å²) in [7, 11) is 0. The van der Waals surface area contributed by atoms with Gasteiger partial charge in [-0.2, -0.15) is 0 Å². The third-order valence-electron chi connectivity index (χ3n) is 4.82. The molecule has 2 aliphatic heterocycles. The van der Waals surface area contributed by atoms with Crippen LogP contribution in [0.1, 0.15) is 32.9 Å². The first-order valence-electron chi connectivity index (χ1n) is 9.39. The molecule has 0 bridgehead atoms. The third-order valence-corrected chi connectivity index (χ3v) is 6.84. The number of oxime groups is 1. The smallest absolute Gasteiger partial charge is 0.352 e. The minimum atomic E-state index is -1.73. The Morgan fingerprint density at radius 1 is 1.41 bits per heavy atom. The van der Waals surface area contributed by atoms with E-state index in [1.165, 1.54) is 35.9 Å². The molecule has 2 atom stereocenters. The summed E-state index contributed by atoms with van der Waals surface area (Å²) in [4.78, 5) is 58.8. The Labute approximate surface area is 190 Å². The van der Waals surface area contributed by atoms with Crippen molar-refractivity contribution in [1.29, 1.82) is 0 Å². The summed E-state index contributed by atoms with van der Waals surface area (Å²) in [5.74, 6) is -3.49. The molecule has 14 heteroatoms. The van der Waals surface area contributed by atoms with Gasteiger partial charge in [0.1, 0.15) is 22.8 Å². The number of anilines is 1. The van der Waals surface area contributed by atoms with Gasteiger partial charge in [-0.3, -0.25) is 14.5 Å². The van der Waals surface area contributed by atoms with Gasteiger partial charge in [0, 0.05) is 11.1 Å². The molecule has 1 aromatic rings. The number of aliphatic carboxylic acids is 2. The Balaban J connectivity index is 1.83. The number of aromatic nitrogens is 1. The van der Waals surface area contributed by atoms with Gasteiger partial charge in [0.05, 0.1) is 0 Å². The number of amides is 2. The van der Waals surface area contributed by atoms with E-state index in [4.69, 9.17) is 10.6 Å². The SMILES string of the molecule is CCC1=C(C(=O)O)N2C(=O)C(NC(=O)/C(=N\OC(C)(C)C(=O)O)c3csc(N)n3)C2SC1. The highest BCUT2D eigenvalue weighted by atomic mass is 32.2. The maximum atomic E-state index is 12.9. The highest BCUT2D eigenvalue weighted by molar-refractivity contribution is 8.00. The number of β-lactam (4-membered cyclic amide) rings is 1. The number of thioether (sulfide) groups is 1. The first-order valence-corrected chi connectivity index (χ1v) is 11.3. The molecule has 2 aliphatic rings. The molecule has 2 unspecified atom stereocenters. The molecule has 5 N–H and O–H groups in total. The summed E-state index contributed by atoms with van der Waals surface area (Å²) in [5, 5.41) is 25.9. The van der Waals surface area contributed by atoms with Crippen molar-refractivity contribution >= 4 is 57.7 Å². The van der Waals surface area contributed by atoms with E-state index in [-0.39, 0.29) is 22.2 Å². The molecule has 1 aromatic heterocycles. The second-order valence-corrected chi connectivity index (χ2v) is 9.38. The van der Waals surface area contributed by atoms with Gasteiger partial charge in [0.2, 0.25) is 5.60 Å². The van der Waals surface area contributed by atoms with Crippen molar-refractivity contribution in [3.63, 3.8) is 0 Å². The Hall–Kier alpha value is -3.13. The van der Waals surface area contributed by atoms with E-state index in [2.05, 4.69) is 15.5 Å². The molecule has 1 fully saturated rings. The molecule has 0 aliphatic carbocycles. The molecule has 172 valence electrons. The Morgan fingerprint density at radius 3 is 2.62 bits per heavy atom. The lowest BCUT2D eigenvalue weighted by Crippen LogP contribution is -2.71. The largest absolute Gasteiger partial charge is 0.478 e. The zero-order valence-electron chi connectivity index (χ0n) is 17.3. The van der Waals surface area contributed by atoms with Crippen LogP contribution in [0.4, 0.5) is 5.13 Å². The Bertz CT molecular complexity index is 1050. The van der Waals surface area contributed by atoms with Gasteiger partial charge in [-0.05, 0) is 25.8 Å². The van der Waals surface area contributed by atoms with Crippen LogP contribution in [-0.4, -0.2) is 72.3 Å². The van der Waals surface area contributed by atoms with E-state index in [1.54, 1.807) is 0 Å². The fraction of sp³-hybridized carbons (Fsp3) is 0.444. The minimum Gasteiger partial charge on any atom is -0.478 e. The summed E-state index contributed by atoms with van der Waals surface area (Å²) >= 11 is 2.38. The molecule has 0 aromatic carbocycles. The number of hydrogen-bond donors (Lipinski definition) is 4. The molecule has 3 heterocycles. The van der Waals surface area contributed by atoms with Crippen molar-refractivity contribution in [3.8, 4) is 0 Å².